The van der Waals surface area contributed by atoms with E-state index in [0.29, 0.717) is 10.8 Å². The van der Waals surface area contributed by atoms with Crippen molar-refractivity contribution in [1.29, 1.82) is 0 Å². The maximum Gasteiger partial charge on any atom is 0.416 e. The van der Waals surface area contributed by atoms with Crippen molar-refractivity contribution in [2.45, 2.75) is 11.6 Å². The number of benzene rings is 3. The summed E-state index contributed by atoms with van der Waals surface area (Å²) < 4.78 is 38.6. The summed E-state index contributed by atoms with van der Waals surface area (Å²) in [5.74, 6) is 0.669. The molecule has 0 aliphatic carbocycles. The third-order valence-electron chi connectivity index (χ3n) is 5.63. The van der Waals surface area contributed by atoms with Gasteiger partial charge in [0.2, 0.25) is 0 Å². The van der Waals surface area contributed by atoms with Gasteiger partial charge in [0, 0.05) is 16.5 Å². The van der Waals surface area contributed by atoms with Gasteiger partial charge in [0.1, 0.15) is 0 Å². The molecule has 1 aliphatic heterocycles. The van der Waals surface area contributed by atoms with Crippen molar-refractivity contribution < 1.29 is 18.0 Å². The fourth-order valence-electron chi connectivity index (χ4n) is 4.00. The minimum Gasteiger partial charge on any atom is -0.306 e. The van der Waals surface area contributed by atoms with Crippen molar-refractivity contribution in [3.05, 3.63) is 101 Å². The SMILES string of the molecule is CSCC1(c2ccccc2)CN(C(=O)Nc2ccc(C(F)(F)F)cc2)N=C1c1ccc(Cl)cc1. The Hall–Kier alpha value is -2.97. The summed E-state index contributed by atoms with van der Waals surface area (Å²) in [5, 5.41) is 9.28. The van der Waals surface area contributed by atoms with E-state index in [2.05, 4.69) is 5.32 Å². The van der Waals surface area contributed by atoms with Gasteiger partial charge >= 0.3 is 12.2 Å². The Bertz CT molecular complexity index is 1180. The minimum absolute atomic E-state index is 0.253. The molecular formula is C25H21ClF3N3OS. The molecule has 3 aromatic carbocycles. The second kappa shape index (κ2) is 9.72. The van der Waals surface area contributed by atoms with Crippen LogP contribution >= 0.6 is 23.4 Å². The number of thioether (sulfide) groups is 1. The maximum absolute atomic E-state index is 13.1. The number of hydrazone groups is 1. The Labute approximate surface area is 204 Å². The second-order valence-corrected chi connectivity index (χ2v) is 9.20. The van der Waals surface area contributed by atoms with Gasteiger partial charge in [0.05, 0.1) is 23.2 Å². The third kappa shape index (κ3) is 4.93. The van der Waals surface area contributed by atoms with Gasteiger partial charge in [-0.05, 0) is 53.8 Å². The lowest BCUT2D eigenvalue weighted by Crippen LogP contribution is -2.43. The van der Waals surface area contributed by atoms with Crippen LogP contribution in [0, 0.1) is 0 Å². The number of alkyl halides is 3. The largest absolute Gasteiger partial charge is 0.416 e. The number of nitrogens with zero attached hydrogens (tertiary/aromatic N) is 2. The molecule has 0 radical (unpaired) electrons. The van der Waals surface area contributed by atoms with Crippen molar-refractivity contribution in [2.24, 2.45) is 5.10 Å². The molecule has 0 saturated heterocycles. The van der Waals surface area contributed by atoms with Crippen LogP contribution in [0.1, 0.15) is 16.7 Å². The summed E-state index contributed by atoms with van der Waals surface area (Å²) in [4.78, 5) is 13.1. The predicted molar refractivity (Wildman–Crippen MR) is 132 cm³/mol. The molecule has 1 N–H and O–H groups in total. The number of nitrogens with one attached hydrogen (secondary N) is 1. The highest BCUT2D eigenvalue weighted by atomic mass is 35.5. The van der Waals surface area contributed by atoms with Crippen LogP contribution in [0.2, 0.25) is 5.02 Å². The highest BCUT2D eigenvalue weighted by molar-refractivity contribution is 7.98. The predicted octanol–water partition coefficient (Wildman–Crippen LogP) is 6.91. The second-order valence-electron chi connectivity index (χ2n) is 7.90. The zero-order chi connectivity index (χ0) is 24.3. The number of hydrogen-bond donors (Lipinski definition) is 1. The van der Waals surface area contributed by atoms with Gasteiger partial charge in [-0.3, -0.25) is 0 Å². The molecule has 0 bridgehead atoms. The van der Waals surface area contributed by atoms with Gasteiger partial charge in [0.25, 0.3) is 0 Å². The fourth-order valence-corrected chi connectivity index (χ4v) is 5.01. The van der Waals surface area contributed by atoms with Gasteiger partial charge in [-0.25, -0.2) is 9.80 Å². The summed E-state index contributed by atoms with van der Waals surface area (Å²) in [6.07, 6.45) is -2.45. The average molecular weight is 504 g/mol. The average Bonchev–Trinajstić information content (AvgIpc) is 3.21. The molecule has 0 aromatic heterocycles. The normalized spacial score (nSPS) is 18.0. The summed E-state index contributed by atoms with van der Waals surface area (Å²) in [6, 6.07) is 20.9. The number of amides is 2. The summed E-state index contributed by atoms with van der Waals surface area (Å²) in [6.45, 7) is 0.280. The molecule has 4 nitrogen and oxygen atoms in total. The van der Waals surface area contributed by atoms with Crippen LogP contribution in [-0.4, -0.2) is 35.3 Å². The molecule has 2 amide bonds. The van der Waals surface area contributed by atoms with E-state index >= 15 is 0 Å². The molecule has 176 valence electrons. The zero-order valence-electron chi connectivity index (χ0n) is 18.1. The van der Waals surface area contributed by atoms with Crippen molar-refractivity contribution in [3.63, 3.8) is 0 Å². The third-order valence-corrected chi connectivity index (χ3v) is 6.66. The fraction of sp³-hybridized carbons (Fsp3) is 0.200. The molecule has 1 unspecified atom stereocenters. The van der Waals surface area contributed by atoms with Crippen LogP contribution in [0.4, 0.5) is 23.7 Å². The van der Waals surface area contributed by atoms with E-state index in [1.54, 1.807) is 23.9 Å². The first kappa shape index (κ1) is 24.2. The van der Waals surface area contributed by atoms with Gasteiger partial charge in [0.15, 0.2) is 0 Å². The highest BCUT2D eigenvalue weighted by Gasteiger charge is 2.46. The molecular weight excluding hydrogens is 483 g/mol. The number of urea groups is 1. The summed E-state index contributed by atoms with van der Waals surface area (Å²) in [5.41, 5.74) is 1.48. The Kier molecular flexibility index (Phi) is 6.91. The number of carbonyl (C=O) groups is 1. The summed E-state index contributed by atoms with van der Waals surface area (Å²) >= 11 is 7.73. The Morgan fingerprint density at radius 2 is 1.71 bits per heavy atom. The Balaban J connectivity index is 1.68. The molecule has 1 aliphatic rings. The highest BCUT2D eigenvalue weighted by Crippen LogP contribution is 2.38. The van der Waals surface area contributed by atoms with E-state index in [1.165, 1.54) is 17.1 Å². The monoisotopic (exact) mass is 503 g/mol. The van der Waals surface area contributed by atoms with Gasteiger partial charge in [-0.2, -0.15) is 30.0 Å². The molecule has 0 spiro atoms. The molecule has 0 fully saturated rings. The summed E-state index contributed by atoms with van der Waals surface area (Å²) in [7, 11) is 0. The van der Waals surface area contributed by atoms with E-state index in [4.69, 9.17) is 16.7 Å². The smallest absolute Gasteiger partial charge is 0.306 e. The van der Waals surface area contributed by atoms with E-state index < -0.39 is 23.2 Å². The van der Waals surface area contributed by atoms with E-state index in [9.17, 15) is 18.0 Å². The van der Waals surface area contributed by atoms with E-state index in [0.717, 1.165) is 29.0 Å². The molecule has 9 heteroatoms. The Morgan fingerprint density at radius 1 is 1.06 bits per heavy atom. The molecule has 1 atom stereocenters. The zero-order valence-corrected chi connectivity index (χ0v) is 19.7. The van der Waals surface area contributed by atoms with Crippen LogP contribution in [0.5, 0.6) is 0 Å². The molecule has 34 heavy (non-hydrogen) atoms. The first-order chi connectivity index (χ1) is 16.2. The van der Waals surface area contributed by atoms with Gasteiger partial charge in [-0.1, -0.05) is 54.1 Å². The molecule has 0 saturated carbocycles. The Morgan fingerprint density at radius 3 is 2.29 bits per heavy atom. The standard InChI is InChI=1S/C25H21ClF3N3OS/c1-34-16-24(18-5-3-2-4-6-18)15-32(31-22(24)17-7-11-20(26)12-8-17)23(33)30-21-13-9-19(10-14-21)25(27,28)29/h2-14H,15-16H2,1H3,(H,30,33). The van der Waals surface area contributed by atoms with Crippen molar-refractivity contribution in [2.75, 3.05) is 23.9 Å². The number of anilines is 1. The van der Waals surface area contributed by atoms with Crippen LogP contribution in [0.25, 0.3) is 0 Å². The van der Waals surface area contributed by atoms with Crippen molar-refractivity contribution in [1.82, 2.24) is 5.01 Å². The lowest BCUT2D eigenvalue weighted by atomic mass is 9.76. The number of halogens is 4. The number of hydrogen-bond acceptors (Lipinski definition) is 3. The van der Waals surface area contributed by atoms with E-state index in [-0.39, 0.29) is 12.2 Å². The first-order valence-electron chi connectivity index (χ1n) is 10.4. The number of rotatable bonds is 5. The van der Waals surface area contributed by atoms with Crippen molar-refractivity contribution >= 4 is 40.8 Å². The van der Waals surface area contributed by atoms with Crippen molar-refractivity contribution in [3.8, 4) is 0 Å². The van der Waals surface area contributed by atoms with Crippen LogP contribution in [0.15, 0.2) is 84.0 Å². The molecule has 4 rings (SSSR count). The van der Waals surface area contributed by atoms with Crippen LogP contribution < -0.4 is 5.32 Å². The quantitative estimate of drug-likeness (QED) is 0.411. The number of carbonyl (C=O) groups excluding carboxylic acids is 1. The van der Waals surface area contributed by atoms with Gasteiger partial charge in [-0.15, -0.1) is 0 Å². The topological polar surface area (TPSA) is 44.7 Å². The lowest BCUT2D eigenvalue weighted by Gasteiger charge is -2.31. The maximum atomic E-state index is 13.1. The van der Waals surface area contributed by atoms with Gasteiger partial charge < -0.3 is 5.32 Å². The van der Waals surface area contributed by atoms with E-state index in [1.807, 2.05) is 48.7 Å². The molecule has 3 aromatic rings. The minimum atomic E-state index is -4.44. The first-order valence-corrected chi connectivity index (χ1v) is 12.2. The van der Waals surface area contributed by atoms with Crippen LogP contribution in [-0.2, 0) is 11.6 Å². The van der Waals surface area contributed by atoms with Crippen LogP contribution in [0.3, 0.4) is 0 Å². The molecule has 1 heterocycles. The lowest BCUT2D eigenvalue weighted by molar-refractivity contribution is -0.137.